The first kappa shape index (κ1) is 16.0. The zero-order chi connectivity index (χ0) is 16.3. The highest BCUT2D eigenvalue weighted by Crippen LogP contribution is 2.34. The molecular weight excluding hydrogens is 313 g/mol. The zero-order valence-electron chi connectivity index (χ0n) is 11.5. The maximum Gasteiger partial charge on any atom is 0.417 e. The Kier molecular flexibility index (Phi) is 4.52. The molecule has 0 bridgehead atoms. The van der Waals surface area contributed by atoms with Gasteiger partial charge in [0, 0.05) is 5.69 Å². The molecule has 0 unspecified atom stereocenters. The second-order valence-electron chi connectivity index (χ2n) is 4.37. The number of hydrogen-bond acceptors (Lipinski definition) is 3. The number of halogens is 3. The maximum atomic E-state index is 13.0. The van der Waals surface area contributed by atoms with E-state index in [0.29, 0.717) is 17.9 Å². The van der Waals surface area contributed by atoms with Crippen LogP contribution >= 0.6 is 12.2 Å². The molecule has 7 heteroatoms. The fourth-order valence-corrected chi connectivity index (χ4v) is 2.21. The van der Waals surface area contributed by atoms with Gasteiger partial charge in [0.1, 0.15) is 16.5 Å². The fourth-order valence-electron chi connectivity index (χ4n) is 1.95. The van der Waals surface area contributed by atoms with E-state index in [9.17, 15) is 13.2 Å². The first-order valence-electron chi connectivity index (χ1n) is 6.34. The molecule has 22 heavy (non-hydrogen) atoms. The number of alkyl halides is 3. The van der Waals surface area contributed by atoms with Crippen molar-refractivity contribution in [1.29, 1.82) is 5.26 Å². The topological polar surface area (TPSA) is 48.8 Å². The predicted octanol–water partition coefficient (Wildman–Crippen LogP) is 4.70. The number of hydrogen-bond donors (Lipinski definition) is 1. The van der Waals surface area contributed by atoms with Crippen molar-refractivity contribution in [2.75, 3.05) is 6.61 Å². The van der Waals surface area contributed by atoms with E-state index < -0.39 is 17.3 Å². The predicted molar refractivity (Wildman–Crippen MR) is 77.9 cm³/mol. The van der Waals surface area contributed by atoms with Gasteiger partial charge in [-0.1, -0.05) is 12.2 Å². The van der Waals surface area contributed by atoms with Crippen LogP contribution in [0.1, 0.15) is 18.1 Å². The molecule has 0 aliphatic rings. The molecule has 0 saturated heterocycles. The minimum Gasteiger partial charge on any atom is -0.494 e. The van der Waals surface area contributed by atoms with Crippen molar-refractivity contribution in [3.05, 3.63) is 46.1 Å². The van der Waals surface area contributed by atoms with Crippen LogP contribution in [0.5, 0.6) is 5.75 Å². The highest BCUT2D eigenvalue weighted by molar-refractivity contribution is 7.71. The number of aromatic amines is 1. The van der Waals surface area contributed by atoms with Crippen molar-refractivity contribution < 1.29 is 17.9 Å². The smallest absolute Gasteiger partial charge is 0.417 e. The molecule has 0 fully saturated rings. The summed E-state index contributed by atoms with van der Waals surface area (Å²) in [6.45, 7) is 2.33. The third kappa shape index (κ3) is 3.28. The molecule has 0 saturated carbocycles. The average Bonchev–Trinajstić information content (AvgIpc) is 2.46. The average molecular weight is 324 g/mol. The van der Waals surface area contributed by atoms with Gasteiger partial charge < -0.3 is 9.72 Å². The van der Waals surface area contributed by atoms with Crippen LogP contribution in [0.25, 0.3) is 11.3 Å². The van der Waals surface area contributed by atoms with Crippen LogP contribution in [0.15, 0.2) is 30.3 Å². The molecule has 2 rings (SSSR count). The van der Waals surface area contributed by atoms with Gasteiger partial charge in [0.2, 0.25) is 0 Å². The number of nitrogens with zero attached hydrogens (tertiary/aromatic N) is 1. The number of rotatable bonds is 3. The monoisotopic (exact) mass is 324 g/mol. The molecule has 3 nitrogen and oxygen atoms in total. The van der Waals surface area contributed by atoms with E-state index >= 15 is 0 Å². The Labute approximate surface area is 130 Å². The van der Waals surface area contributed by atoms with Crippen LogP contribution in [0.3, 0.4) is 0 Å². The second-order valence-corrected chi connectivity index (χ2v) is 4.78. The van der Waals surface area contributed by atoms with Crippen molar-refractivity contribution in [3.8, 4) is 23.1 Å². The lowest BCUT2D eigenvalue weighted by molar-refractivity contribution is -0.137. The lowest BCUT2D eigenvalue weighted by Crippen LogP contribution is -2.09. The Morgan fingerprint density at radius 2 is 1.91 bits per heavy atom. The van der Waals surface area contributed by atoms with Gasteiger partial charge in [0.05, 0.1) is 17.7 Å². The van der Waals surface area contributed by atoms with E-state index in [1.54, 1.807) is 24.3 Å². The van der Waals surface area contributed by atoms with Gasteiger partial charge in [0.25, 0.3) is 0 Å². The van der Waals surface area contributed by atoms with E-state index in [1.165, 1.54) is 6.07 Å². The Morgan fingerprint density at radius 3 is 2.41 bits per heavy atom. The summed E-state index contributed by atoms with van der Waals surface area (Å²) in [6, 6.07) is 8.95. The Hall–Kier alpha value is -2.33. The van der Waals surface area contributed by atoms with Crippen LogP contribution in [0.2, 0.25) is 0 Å². The van der Waals surface area contributed by atoms with Gasteiger partial charge in [-0.15, -0.1) is 0 Å². The van der Waals surface area contributed by atoms with Gasteiger partial charge in [-0.2, -0.15) is 18.4 Å². The molecule has 0 aliphatic carbocycles. The third-order valence-corrected chi connectivity index (χ3v) is 3.23. The van der Waals surface area contributed by atoms with Gasteiger partial charge in [-0.05, 0) is 42.8 Å². The van der Waals surface area contributed by atoms with Crippen LogP contribution in [0.4, 0.5) is 13.2 Å². The number of nitriles is 1. The first-order chi connectivity index (χ1) is 10.4. The number of nitrogens with one attached hydrogen (secondary N) is 1. The molecule has 0 amide bonds. The standard InChI is InChI=1S/C15H11F3N2OS/c1-2-21-10-5-3-9(4-6-10)13-7-12(15(16,17)18)11(8-19)14(22)20-13/h3-7H,2H2,1H3,(H,20,22). The van der Waals surface area contributed by atoms with Gasteiger partial charge in [-0.25, -0.2) is 0 Å². The van der Waals surface area contributed by atoms with Crippen LogP contribution in [0, 0.1) is 16.0 Å². The number of aromatic nitrogens is 1. The number of benzene rings is 1. The lowest BCUT2D eigenvalue weighted by Gasteiger charge is -2.12. The van der Waals surface area contributed by atoms with Crippen molar-refractivity contribution in [2.45, 2.75) is 13.1 Å². The summed E-state index contributed by atoms with van der Waals surface area (Å²) >= 11 is 4.86. The van der Waals surface area contributed by atoms with E-state index in [0.717, 1.165) is 6.07 Å². The molecule has 1 N–H and O–H groups in total. The molecule has 114 valence electrons. The summed E-state index contributed by atoms with van der Waals surface area (Å²) in [5, 5.41) is 8.87. The minimum atomic E-state index is -4.65. The summed E-state index contributed by atoms with van der Waals surface area (Å²) in [5.41, 5.74) is -0.899. The fraction of sp³-hybridized carbons (Fsp3) is 0.200. The highest BCUT2D eigenvalue weighted by Gasteiger charge is 2.34. The lowest BCUT2D eigenvalue weighted by atomic mass is 10.1. The summed E-state index contributed by atoms with van der Waals surface area (Å²) in [4.78, 5) is 2.66. The number of H-pyrrole nitrogens is 1. The highest BCUT2D eigenvalue weighted by atomic mass is 32.1. The quantitative estimate of drug-likeness (QED) is 0.833. The summed E-state index contributed by atoms with van der Waals surface area (Å²) < 4.78 is 44.2. The molecule has 1 aromatic heterocycles. The molecule has 0 spiro atoms. The summed E-state index contributed by atoms with van der Waals surface area (Å²) in [7, 11) is 0. The van der Waals surface area contributed by atoms with Crippen LogP contribution in [-0.4, -0.2) is 11.6 Å². The Morgan fingerprint density at radius 1 is 1.27 bits per heavy atom. The summed E-state index contributed by atoms with van der Waals surface area (Å²) in [6.07, 6.45) is -4.65. The van der Waals surface area contributed by atoms with Crippen molar-refractivity contribution in [2.24, 2.45) is 0 Å². The molecule has 1 aromatic carbocycles. The number of ether oxygens (including phenoxy) is 1. The van der Waals surface area contributed by atoms with Crippen LogP contribution < -0.4 is 4.74 Å². The van der Waals surface area contributed by atoms with Crippen LogP contribution in [-0.2, 0) is 6.18 Å². The third-order valence-electron chi connectivity index (χ3n) is 2.93. The summed E-state index contributed by atoms with van der Waals surface area (Å²) in [5.74, 6) is 0.620. The zero-order valence-corrected chi connectivity index (χ0v) is 12.3. The largest absolute Gasteiger partial charge is 0.494 e. The minimum absolute atomic E-state index is 0.194. The molecule has 0 atom stereocenters. The van der Waals surface area contributed by atoms with E-state index in [2.05, 4.69) is 4.98 Å². The number of pyridine rings is 1. The Bertz CT molecular complexity index is 773. The normalized spacial score (nSPS) is 11.0. The van der Waals surface area contributed by atoms with Crippen molar-refractivity contribution in [3.63, 3.8) is 0 Å². The molecule has 2 aromatic rings. The SMILES string of the molecule is CCOc1ccc(-c2cc(C(F)(F)F)c(C#N)c(=S)[nH]2)cc1. The Balaban J connectivity index is 2.55. The van der Waals surface area contributed by atoms with Gasteiger partial charge in [0.15, 0.2) is 0 Å². The second kappa shape index (κ2) is 6.20. The molecular formula is C15H11F3N2OS. The molecule has 0 radical (unpaired) electrons. The van der Waals surface area contributed by atoms with Gasteiger partial charge in [-0.3, -0.25) is 0 Å². The van der Waals surface area contributed by atoms with E-state index in [1.807, 2.05) is 6.92 Å². The van der Waals surface area contributed by atoms with Gasteiger partial charge >= 0.3 is 6.18 Å². The van der Waals surface area contributed by atoms with Crippen molar-refractivity contribution >= 4 is 12.2 Å². The van der Waals surface area contributed by atoms with E-state index in [4.69, 9.17) is 22.2 Å². The molecule has 1 heterocycles. The van der Waals surface area contributed by atoms with Crippen molar-refractivity contribution in [1.82, 2.24) is 4.98 Å². The molecule has 0 aliphatic heterocycles. The van der Waals surface area contributed by atoms with E-state index in [-0.39, 0.29) is 10.3 Å². The maximum absolute atomic E-state index is 13.0. The first-order valence-corrected chi connectivity index (χ1v) is 6.75.